The fraction of sp³-hybridized carbons (Fsp3) is 0.269. The van der Waals surface area contributed by atoms with Crippen LogP contribution in [0.3, 0.4) is 0 Å². The van der Waals surface area contributed by atoms with Gasteiger partial charge in [-0.2, -0.15) is 0 Å². The molecule has 0 unspecified atom stereocenters. The van der Waals surface area contributed by atoms with Gasteiger partial charge in [-0.1, -0.05) is 35.9 Å². The number of hydrogen-bond donors (Lipinski definition) is 2. The highest BCUT2D eigenvalue weighted by Crippen LogP contribution is 2.30. The van der Waals surface area contributed by atoms with E-state index in [1.807, 2.05) is 6.07 Å². The van der Waals surface area contributed by atoms with Crippen LogP contribution in [0, 0.1) is 13.8 Å². The molecule has 0 amide bonds. The molecule has 3 aromatic carbocycles. The molecule has 0 radical (unpaired) electrons. The zero-order valence-corrected chi connectivity index (χ0v) is 22.5. The summed E-state index contributed by atoms with van der Waals surface area (Å²) in [6.45, 7) is 5.58. The molecule has 194 valence electrons. The number of carbonyl (C=O) groups is 1. The Hall–Kier alpha value is -2.62. The van der Waals surface area contributed by atoms with Crippen LogP contribution in [0.2, 0.25) is 5.02 Å². The van der Waals surface area contributed by atoms with Crippen LogP contribution in [-0.2, 0) is 25.9 Å². The lowest BCUT2D eigenvalue weighted by Crippen LogP contribution is -2.23. The molecular weight excluding hydrogens is 525 g/mol. The molecule has 0 spiro atoms. The summed E-state index contributed by atoms with van der Waals surface area (Å²) >= 11 is 5.96. The second kappa shape index (κ2) is 13.1. The zero-order chi connectivity index (χ0) is 25.6. The average Bonchev–Trinajstić information content (AvgIpc) is 2.81. The van der Waals surface area contributed by atoms with Gasteiger partial charge >= 0.3 is 5.97 Å². The van der Waals surface area contributed by atoms with Crippen molar-refractivity contribution in [3.63, 3.8) is 0 Å². The fourth-order valence-corrected chi connectivity index (χ4v) is 5.20. The molecule has 7 nitrogen and oxygen atoms in total. The van der Waals surface area contributed by atoms with Gasteiger partial charge in [-0.15, -0.1) is 12.4 Å². The van der Waals surface area contributed by atoms with Crippen molar-refractivity contribution in [1.82, 2.24) is 5.32 Å². The largest absolute Gasteiger partial charge is 0.387 e. The monoisotopic (exact) mass is 553 g/mol. The van der Waals surface area contributed by atoms with Crippen LogP contribution in [0.1, 0.15) is 35.3 Å². The summed E-state index contributed by atoms with van der Waals surface area (Å²) in [5.74, 6) is -0.296. The molecule has 0 aliphatic heterocycles. The van der Waals surface area contributed by atoms with Crippen molar-refractivity contribution >= 4 is 39.8 Å². The van der Waals surface area contributed by atoms with E-state index in [-0.39, 0.29) is 22.2 Å². The highest BCUT2D eigenvalue weighted by molar-refractivity contribution is 7.91. The maximum Gasteiger partial charge on any atom is 0.352 e. The molecule has 0 saturated carbocycles. The minimum atomic E-state index is -3.74. The van der Waals surface area contributed by atoms with Crippen LogP contribution in [0.15, 0.2) is 70.5 Å². The van der Waals surface area contributed by atoms with Crippen LogP contribution < -0.4 is 10.2 Å². The molecule has 10 heteroatoms. The van der Waals surface area contributed by atoms with Gasteiger partial charge in [0.25, 0.3) is 0 Å². The van der Waals surface area contributed by atoms with Gasteiger partial charge in [0.2, 0.25) is 9.84 Å². The van der Waals surface area contributed by atoms with Gasteiger partial charge < -0.3 is 10.4 Å². The van der Waals surface area contributed by atoms with Gasteiger partial charge in [0, 0.05) is 18.5 Å². The molecule has 0 heterocycles. The first-order chi connectivity index (χ1) is 16.6. The molecule has 0 aromatic heterocycles. The van der Waals surface area contributed by atoms with E-state index in [9.17, 15) is 18.3 Å². The number of rotatable bonds is 10. The number of aliphatic hydroxyl groups is 1. The predicted molar refractivity (Wildman–Crippen MR) is 140 cm³/mol. The molecule has 0 aliphatic rings. The lowest BCUT2D eigenvalue weighted by molar-refractivity contribution is -0.211. The SMILES string of the molecule is CC(=O)OOc1c(C)cc(S(=O)(=O)c2ccc(CCNC[C@H](O)c3cccc(Cl)c3)cc2)cc1C.Cl. The highest BCUT2D eigenvalue weighted by Gasteiger charge is 2.21. The Morgan fingerprint density at radius 2 is 1.67 bits per heavy atom. The van der Waals surface area contributed by atoms with Crippen molar-refractivity contribution in [2.45, 2.75) is 43.1 Å². The Labute approximate surface area is 222 Å². The predicted octanol–water partition coefficient (Wildman–Crippen LogP) is 4.93. The van der Waals surface area contributed by atoms with Gasteiger partial charge in [-0.25, -0.2) is 13.2 Å². The number of aliphatic hydroxyl groups excluding tert-OH is 1. The number of carbonyl (C=O) groups excluding carboxylic acids is 1. The van der Waals surface area contributed by atoms with Crippen LogP contribution in [0.4, 0.5) is 0 Å². The minimum Gasteiger partial charge on any atom is -0.387 e. The topological polar surface area (TPSA) is 102 Å². The third-order valence-corrected chi connectivity index (χ3v) is 7.37. The number of nitrogens with one attached hydrogen (secondary N) is 1. The maximum atomic E-state index is 13.1. The second-order valence-electron chi connectivity index (χ2n) is 8.22. The van der Waals surface area contributed by atoms with Gasteiger partial charge in [-0.05, 0) is 85.5 Å². The van der Waals surface area contributed by atoms with E-state index in [4.69, 9.17) is 16.5 Å². The summed E-state index contributed by atoms with van der Waals surface area (Å²) in [7, 11) is -3.74. The Morgan fingerprint density at radius 1 is 1.03 bits per heavy atom. The standard InChI is InChI=1S/C26H28ClNO6S.ClH/c1-17-13-24(14-18(2)26(17)34-33-19(3)29)35(31,32)23-9-7-20(8-10-23)11-12-28-16-25(30)21-5-4-6-22(27)15-21;/h4-10,13-15,25,28,30H,11-12,16H2,1-3H3;1H/t25-;/m0./s1. The lowest BCUT2D eigenvalue weighted by Gasteiger charge is -2.13. The summed E-state index contributed by atoms with van der Waals surface area (Å²) in [5, 5.41) is 14.0. The molecule has 0 bridgehead atoms. The smallest absolute Gasteiger partial charge is 0.352 e. The summed E-state index contributed by atoms with van der Waals surface area (Å²) in [4.78, 5) is 20.9. The van der Waals surface area contributed by atoms with Gasteiger partial charge in [0.1, 0.15) is 0 Å². The molecule has 2 N–H and O–H groups in total. The first kappa shape index (κ1) is 29.6. The Kier molecular flexibility index (Phi) is 10.8. The van der Waals surface area contributed by atoms with E-state index in [0.29, 0.717) is 41.4 Å². The normalized spacial score (nSPS) is 11.9. The average molecular weight is 554 g/mol. The van der Waals surface area contributed by atoms with Crippen LogP contribution in [0.5, 0.6) is 5.75 Å². The maximum absolute atomic E-state index is 13.1. The third kappa shape index (κ3) is 7.69. The molecule has 3 aromatic rings. The zero-order valence-electron chi connectivity index (χ0n) is 20.2. The van der Waals surface area contributed by atoms with E-state index in [2.05, 4.69) is 10.2 Å². The third-order valence-electron chi connectivity index (χ3n) is 5.38. The molecule has 3 rings (SSSR count). The van der Waals surface area contributed by atoms with Gasteiger partial charge in [0.15, 0.2) is 5.75 Å². The van der Waals surface area contributed by atoms with Crippen molar-refractivity contribution in [3.05, 3.63) is 87.9 Å². The number of aryl methyl sites for hydroxylation is 2. The molecular formula is C26H29Cl2NO6S. The van der Waals surface area contributed by atoms with Crippen LogP contribution >= 0.6 is 24.0 Å². The van der Waals surface area contributed by atoms with Crippen LogP contribution in [0.25, 0.3) is 0 Å². The molecule has 0 saturated heterocycles. The van der Waals surface area contributed by atoms with E-state index in [0.717, 1.165) is 11.1 Å². The van der Waals surface area contributed by atoms with Crippen molar-refractivity contribution < 1.29 is 28.1 Å². The summed E-state index contributed by atoms with van der Waals surface area (Å²) in [5.41, 5.74) is 2.78. The van der Waals surface area contributed by atoms with E-state index >= 15 is 0 Å². The molecule has 1 atom stereocenters. The van der Waals surface area contributed by atoms with Crippen molar-refractivity contribution in [1.29, 1.82) is 0 Å². The van der Waals surface area contributed by atoms with Crippen molar-refractivity contribution in [3.8, 4) is 5.75 Å². The van der Waals surface area contributed by atoms with E-state index < -0.39 is 21.9 Å². The summed E-state index contributed by atoms with van der Waals surface area (Å²) in [6, 6.07) is 16.8. The Morgan fingerprint density at radius 3 is 2.25 bits per heavy atom. The number of halogens is 2. The highest BCUT2D eigenvalue weighted by atomic mass is 35.5. The van der Waals surface area contributed by atoms with Gasteiger partial charge in [-0.3, -0.25) is 9.78 Å². The number of sulfone groups is 1. The first-order valence-corrected chi connectivity index (χ1v) is 12.9. The fourth-order valence-electron chi connectivity index (χ4n) is 3.57. The van der Waals surface area contributed by atoms with Crippen molar-refractivity contribution in [2.24, 2.45) is 0 Å². The lowest BCUT2D eigenvalue weighted by atomic mass is 10.1. The van der Waals surface area contributed by atoms with Crippen molar-refractivity contribution in [2.75, 3.05) is 13.1 Å². The quantitative estimate of drug-likeness (QED) is 0.208. The number of benzene rings is 3. The summed E-state index contributed by atoms with van der Waals surface area (Å²) < 4.78 is 26.3. The first-order valence-electron chi connectivity index (χ1n) is 11.0. The summed E-state index contributed by atoms with van der Waals surface area (Å²) in [6.07, 6.45) is 0.00199. The molecule has 36 heavy (non-hydrogen) atoms. The second-order valence-corrected chi connectivity index (χ2v) is 10.6. The molecule has 0 fully saturated rings. The van der Waals surface area contributed by atoms with Crippen LogP contribution in [-0.4, -0.2) is 32.6 Å². The Bertz CT molecular complexity index is 1270. The Balaban J connectivity index is 0.00000456. The van der Waals surface area contributed by atoms with E-state index in [1.54, 1.807) is 56.3 Å². The number of hydrogen-bond acceptors (Lipinski definition) is 7. The van der Waals surface area contributed by atoms with Gasteiger partial charge in [0.05, 0.1) is 15.9 Å². The van der Waals surface area contributed by atoms with E-state index in [1.165, 1.54) is 19.1 Å². The minimum absolute atomic E-state index is 0. The molecule has 0 aliphatic carbocycles.